The van der Waals surface area contributed by atoms with Gasteiger partial charge in [-0.15, -0.1) is 0 Å². The minimum absolute atomic E-state index is 0.0344. The van der Waals surface area contributed by atoms with E-state index in [0.29, 0.717) is 5.56 Å². The largest absolute Gasteiger partial charge is 0.321 e. The number of fused-ring (bicyclic) bond motifs is 1. The monoisotopic (exact) mass is 356 g/mol. The zero-order chi connectivity index (χ0) is 18.0. The van der Waals surface area contributed by atoms with Crippen LogP contribution in [0.15, 0.2) is 53.3 Å². The lowest BCUT2D eigenvalue weighted by molar-refractivity contribution is 0.580. The first kappa shape index (κ1) is 17.4. The third kappa shape index (κ3) is 4.15. The second-order valence-electron chi connectivity index (χ2n) is 6.23. The van der Waals surface area contributed by atoms with Crippen molar-refractivity contribution in [3.05, 3.63) is 81.1 Å². The number of para-hydroxylation sites is 1. The van der Waals surface area contributed by atoms with E-state index >= 15 is 0 Å². The average Bonchev–Trinajstić information content (AvgIpc) is 2.53. The molecule has 0 aliphatic heterocycles. The Balaban J connectivity index is 1.80. The van der Waals surface area contributed by atoms with Gasteiger partial charge in [0.25, 0.3) is 5.56 Å². The van der Waals surface area contributed by atoms with E-state index in [0.717, 1.165) is 27.6 Å². The molecule has 0 saturated carbocycles. The number of benzene rings is 2. The van der Waals surface area contributed by atoms with Crippen molar-refractivity contribution >= 4 is 20.9 Å². The van der Waals surface area contributed by atoms with Crippen molar-refractivity contribution in [1.82, 2.24) is 9.71 Å². The molecule has 0 amide bonds. The van der Waals surface area contributed by atoms with Crippen LogP contribution in [0.1, 0.15) is 22.3 Å². The van der Waals surface area contributed by atoms with E-state index in [1.807, 2.05) is 50.2 Å². The molecule has 2 aromatic carbocycles. The van der Waals surface area contributed by atoms with Gasteiger partial charge in [0, 0.05) is 12.1 Å². The summed E-state index contributed by atoms with van der Waals surface area (Å²) in [7, 11) is -3.53. The number of H-pyrrole nitrogens is 1. The molecule has 5 nitrogen and oxygen atoms in total. The van der Waals surface area contributed by atoms with Crippen molar-refractivity contribution in [1.29, 1.82) is 0 Å². The number of nitrogens with one attached hydrogen (secondary N) is 2. The molecular weight excluding hydrogens is 336 g/mol. The highest BCUT2D eigenvalue weighted by atomic mass is 32.2. The predicted octanol–water partition coefficient (Wildman–Crippen LogP) is 2.76. The summed E-state index contributed by atoms with van der Waals surface area (Å²) in [5.74, 6) is -0.112. The number of hydrogen-bond acceptors (Lipinski definition) is 3. The van der Waals surface area contributed by atoms with E-state index in [1.54, 1.807) is 12.1 Å². The Morgan fingerprint density at radius 2 is 1.80 bits per heavy atom. The Hall–Kier alpha value is -2.44. The lowest BCUT2D eigenvalue weighted by atomic mass is 10.1. The molecule has 0 aliphatic carbocycles. The summed E-state index contributed by atoms with van der Waals surface area (Å²) in [6.45, 7) is 3.80. The quantitative estimate of drug-likeness (QED) is 0.738. The number of aromatic amines is 1. The maximum atomic E-state index is 12.3. The van der Waals surface area contributed by atoms with Crippen LogP contribution in [0.5, 0.6) is 0 Å². The second kappa shape index (κ2) is 6.82. The summed E-state index contributed by atoms with van der Waals surface area (Å²) < 4.78 is 27.1. The van der Waals surface area contributed by atoms with E-state index in [9.17, 15) is 13.2 Å². The van der Waals surface area contributed by atoms with Crippen LogP contribution in [0.25, 0.3) is 10.9 Å². The molecule has 0 aliphatic rings. The minimum atomic E-state index is -3.53. The summed E-state index contributed by atoms with van der Waals surface area (Å²) in [6, 6.07) is 14.8. The fourth-order valence-corrected chi connectivity index (χ4v) is 3.92. The van der Waals surface area contributed by atoms with Gasteiger partial charge in [-0.05, 0) is 36.4 Å². The van der Waals surface area contributed by atoms with Crippen LogP contribution in [0, 0.1) is 13.8 Å². The molecule has 2 N–H and O–H groups in total. The summed E-state index contributed by atoms with van der Waals surface area (Å²) in [6.07, 6.45) is 0. The van der Waals surface area contributed by atoms with E-state index in [4.69, 9.17) is 0 Å². The molecule has 1 aromatic heterocycles. The van der Waals surface area contributed by atoms with Gasteiger partial charge in [0.05, 0.1) is 11.3 Å². The SMILES string of the molecule is Cc1cccc(CS(=O)(=O)NCc2cc3cccc(C)c3[nH]c2=O)c1. The molecule has 0 radical (unpaired) electrons. The standard InChI is InChI=1S/C19H20N2O3S/c1-13-5-3-7-15(9-13)12-25(23,24)20-11-17-10-16-8-4-6-14(2)18(16)21-19(17)22/h3-10,20H,11-12H2,1-2H3,(H,21,22). The zero-order valence-electron chi connectivity index (χ0n) is 14.2. The molecule has 0 bridgehead atoms. The highest BCUT2D eigenvalue weighted by molar-refractivity contribution is 7.88. The van der Waals surface area contributed by atoms with E-state index in [2.05, 4.69) is 9.71 Å². The van der Waals surface area contributed by atoms with E-state index < -0.39 is 10.0 Å². The lowest BCUT2D eigenvalue weighted by Crippen LogP contribution is -2.28. The summed E-state index contributed by atoms with van der Waals surface area (Å²) in [5, 5.41) is 0.882. The van der Waals surface area contributed by atoms with Crippen molar-refractivity contribution in [3.63, 3.8) is 0 Å². The molecule has 130 valence electrons. The van der Waals surface area contributed by atoms with Gasteiger partial charge in [-0.3, -0.25) is 4.79 Å². The van der Waals surface area contributed by atoms with Crippen molar-refractivity contribution < 1.29 is 8.42 Å². The number of aromatic nitrogens is 1. The van der Waals surface area contributed by atoms with E-state index in [-0.39, 0.29) is 17.9 Å². The van der Waals surface area contributed by atoms with E-state index in [1.165, 1.54) is 0 Å². The fraction of sp³-hybridized carbons (Fsp3) is 0.211. The third-order valence-electron chi connectivity index (χ3n) is 4.09. The predicted molar refractivity (Wildman–Crippen MR) is 99.9 cm³/mol. The third-order valence-corrected chi connectivity index (χ3v) is 5.38. The van der Waals surface area contributed by atoms with Crippen LogP contribution in [-0.2, 0) is 22.3 Å². The van der Waals surface area contributed by atoms with Crippen molar-refractivity contribution in [2.45, 2.75) is 26.1 Å². The maximum absolute atomic E-state index is 12.3. The van der Waals surface area contributed by atoms with Crippen LogP contribution in [0.3, 0.4) is 0 Å². The molecule has 6 heteroatoms. The molecule has 25 heavy (non-hydrogen) atoms. The van der Waals surface area contributed by atoms with Crippen molar-refractivity contribution in [3.8, 4) is 0 Å². The second-order valence-corrected chi connectivity index (χ2v) is 8.04. The Morgan fingerprint density at radius 3 is 2.56 bits per heavy atom. The zero-order valence-corrected chi connectivity index (χ0v) is 15.0. The first-order chi connectivity index (χ1) is 11.8. The molecule has 1 heterocycles. The average molecular weight is 356 g/mol. The van der Waals surface area contributed by atoms with Gasteiger partial charge in [-0.25, -0.2) is 13.1 Å². The molecule has 3 rings (SSSR count). The highest BCUT2D eigenvalue weighted by Gasteiger charge is 2.13. The van der Waals surface area contributed by atoms with Gasteiger partial charge in [0.15, 0.2) is 0 Å². The van der Waals surface area contributed by atoms with Gasteiger partial charge >= 0.3 is 0 Å². The van der Waals surface area contributed by atoms with Crippen LogP contribution >= 0.6 is 0 Å². The summed E-state index contributed by atoms with van der Waals surface area (Å²) >= 11 is 0. The normalized spacial score (nSPS) is 11.8. The Morgan fingerprint density at radius 1 is 1.04 bits per heavy atom. The van der Waals surface area contributed by atoms with Gasteiger partial charge < -0.3 is 4.98 Å². The highest BCUT2D eigenvalue weighted by Crippen LogP contribution is 2.15. The Kier molecular flexibility index (Phi) is 4.74. The number of aryl methyl sites for hydroxylation is 2. The minimum Gasteiger partial charge on any atom is -0.321 e. The van der Waals surface area contributed by atoms with Crippen molar-refractivity contribution in [2.24, 2.45) is 0 Å². The Labute approximate surface area is 146 Å². The number of sulfonamides is 1. The smallest absolute Gasteiger partial charge is 0.252 e. The molecule has 3 aromatic rings. The summed E-state index contributed by atoms with van der Waals surface area (Å²) in [4.78, 5) is 15.0. The maximum Gasteiger partial charge on any atom is 0.252 e. The van der Waals surface area contributed by atoms with Crippen LogP contribution in [-0.4, -0.2) is 13.4 Å². The fourth-order valence-electron chi connectivity index (χ4n) is 2.82. The topological polar surface area (TPSA) is 79.0 Å². The molecule has 0 unspecified atom stereocenters. The Bertz CT molecular complexity index is 1090. The van der Waals surface area contributed by atoms with Crippen LogP contribution < -0.4 is 10.3 Å². The molecule has 0 saturated heterocycles. The van der Waals surface area contributed by atoms with Gasteiger partial charge in [0.2, 0.25) is 10.0 Å². The first-order valence-corrected chi connectivity index (χ1v) is 9.64. The number of pyridine rings is 1. The summed E-state index contributed by atoms with van der Waals surface area (Å²) in [5.41, 5.74) is 3.59. The molecular formula is C19H20N2O3S. The first-order valence-electron chi connectivity index (χ1n) is 7.98. The molecule has 0 spiro atoms. The molecule has 0 atom stereocenters. The van der Waals surface area contributed by atoms with Gasteiger partial charge in [-0.1, -0.05) is 48.0 Å². The van der Waals surface area contributed by atoms with Crippen molar-refractivity contribution in [2.75, 3.05) is 0 Å². The van der Waals surface area contributed by atoms with Crippen LogP contribution in [0.2, 0.25) is 0 Å². The van der Waals surface area contributed by atoms with Gasteiger partial charge in [-0.2, -0.15) is 0 Å². The number of rotatable bonds is 5. The van der Waals surface area contributed by atoms with Crippen LogP contribution in [0.4, 0.5) is 0 Å². The number of hydrogen-bond donors (Lipinski definition) is 2. The lowest BCUT2D eigenvalue weighted by Gasteiger charge is -2.09. The van der Waals surface area contributed by atoms with Gasteiger partial charge in [0.1, 0.15) is 0 Å². The molecule has 0 fully saturated rings.